The van der Waals surface area contributed by atoms with Crippen molar-refractivity contribution in [3.63, 3.8) is 0 Å². The first-order valence-electron chi connectivity index (χ1n) is 5.68. The Kier molecular flexibility index (Phi) is 3.40. The van der Waals surface area contributed by atoms with Crippen LogP contribution < -0.4 is 5.73 Å². The number of piperidine rings is 1. The summed E-state index contributed by atoms with van der Waals surface area (Å²) in [5.41, 5.74) is 6.07. The normalized spacial score (nSPS) is 21.9. The molecule has 100 valence electrons. The second-order valence-electron chi connectivity index (χ2n) is 4.53. The van der Waals surface area contributed by atoms with Crippen molar-refractivity contribution in [1.29, 1.82) is 0 Å². The number of aromatic amines is 1. The van der Waals surface area contributed by atoms with Gasteiger partial charge in [0.25, 0.3) is 5.91 Å². The highest BCUT2D eigenvalue weighted by atomic mass is 32.2. The van der Waals surface area contributed by atoms with Crippen molar-refractivity contribution in [3.8, 4) is 0 Å². The van der Waals surface area contributed by atoms with E-state index in [4.69, 9.17) is 5.73 Å². The topological polar surface area (TPSA) is 109 Å². The summed E-state index contributed by atoms with van der Waals surface area (Å²) >= 11 is 0. The minimum absolute atomic E-state index is 0.0362. The maximum Gasteiger partial charge on any atom is 0.269 e. The van der Waals surface area contributed by atoms with E-state index in [9.17, 15) is 13.2 Å². The van der Waals surface area contributed by atoms with Gasteiger partial charge >= 0.3 is 0 Å². The van der Waals surface area contributed by atoms with Crippen LogP contribution in [0.4, 0.5) is 0 Å². The van der Waals surface area contributed by atoms with Crippen LogP contribution in [0, 0.1) is 0 Å². The molecule has 0 spiro atoms. The minimum atomic E-state index is -3.17. The van der Waals surface area contributed by atoms with Crippen molar-refractivity contribution in [1.82, 2.24) is 14.5 Å². The lowest BCUT2D eigenvalue weighted by molar-refractivity contribution is 0.0995. The first kappa shape index (κ1) is 13.0. The number of H-pyrrole nitrogens is 1. The Morgan fingerprint density at radius 2 is 2.33 bits per heavy atom. The van der Waals surface area contributed by atoms with Crippen LogP contribution in [0.25, 0.3) is 0 Å². The molecular weight excluding hydrogens is 256 g/mol. The molecule has 1 aromatic heterocycles. The zero-order valence-electron chi connectivity index (χ0n) is 10.1. The molecule has 1 unspecified atom stereocenters. The van der Waals surface area contributed by atoms with Gasteiger partial charge in [0.05, 0.1) is 6.26 Å². The molecule has 0 radical (unpaired) electrons. The van der Waals surface area contributed by atoms with Gasteiger partial charge in [-0.15, -0.1) is 0 Å². The van der Waals surface area contributed by atoms with Crippen LogP contribution in [-0.4, -0.2) is 48.2 Å². The van der Waals surface area contributed by atoms with E-state index in [1.165, 1.54) is 10.6 Å². The molecule has 1 aliphatic heterocycles. The molecule has 1 atom stereocenters. The second kappa shape index (κ2) is 4.69. The summed E-state index contributed by atoms with van der Waals surface area (Å²) in [5, 5.41) is 6.57. The van der Waals surface area contributed by atoms with Crippen molar-refractivity contribution in [3.05, 3.63) is 17.5 Å². The summed E-state index contributed by atoms with van der Waals surface area (Å²) in [6.45, 7) is 0.964. The maximum absolute atomic E-state index is 11.5. The Morgan fingerprint density at radius 1 is 1.61 bits per heavy atom. The molecule has 2 heterocycles. The highest BCUT2D eigenvalue weighted by Crippen LogP contribution is 2.27. The number of primary amides is 1. The highest BCUT2D eigenvalue weighted by molar-refractivity contribution is 7.88. The zero-order chi connectivity index (χ0) is 13.3. The van der Waals surface area contributed by atoms with Gasteiger partial charge in [0.1, 0.15) is 5.69 Å². The number of hydrogen-bond donors (Lipinski definition) is 2. The third-order valence-electron chi connectivity index (χ3n) is 3.14. The van der Waals surface area contributed by atoms with E-state index in [0.717, 1.165) is 18.5 Å². The van der Waals surface area contributed by atoms with Gasteiger partial charge in [0.2, 0.25) is 10.0 Å². The number of nitrogens with one attached hydrogen (secondary N) is 1. The maximum atomic E-state index is 11.5. The van der Waals surface area contributed by atoms with E-state index >= 15 is 0 Å². The molecule has 2 rings (SSSR count). The van der Waals surface area contributed by atoms with Crippen molar-refractivity contribution in [2.75, 3.05) is 19.3 Å². The Balaban J connectivity index is 2.15. The molecule has 1 amide bonds. The molecule has 0 aliphatic carbocycles. The number of carbonyl (C=O) groups is 1. The fourth-order valence-electron chi connectivity index (χ4n) is 2.17. The Morgan fingerprint density at radius 3 is 2.89 bits per heavy atom. The molecular formula is C10H16N4O3S. The molecule has 18 heavy (non-hydrogen) atoms. The smallest absolute Gasteiger partial charge is 0.269 e. The van der Waals surface area contributed by atoms with E-state index in [1.807, 2.05) is 0 Å². The fourth-order valence-corrected chi connectivity index (χ4v) is 3.08. The van der Waals surface area contributed by atoms with Crippen LogP contribution in [0.15, 0.2) is 6.07 Å². The lowest BCUT2D eigenvalue weighted by Crippen LogP contribution is -2.38. The number of sulfonamides is 1. The van der Waals surface area contributed by atoms with Crippen molar-refractivity contribution >= 4 is 15.9 Å². The van der Waals surface area contributed by atoms with Crippen molar-refractivity contribution in [2.45, 2.75) is 18.8 Å². The molecule has 8 heteroatoms. The first-order valence-corrected chi connectivity index (χ1v) is 7.53. The standard InChI is InChI=1S/C10H16N4O3S/c1-18(16,17)14-4-2-3-7(6-14)8-5-9(10(11)15)13-12-8/h5,7H,2-4,6H2,1H3,(H2,11,15)(H,12,13). The molecule has 0 bridgehead atoms. The first-order chi connectivity index (χ1) is 8.38. The van der Waals surface area contributed by atoms with Crippen LogP contribution in [0.1, 0.15) is 34.9 Å². The molecule has 1 aromatic rings. The number of nitrogens with zero attached hydrogens (tertiary/aromatic N) is 2. The summed E-state index contributed by atoms with van der Waals surface area (Å²) in [5.74, 6) is -0.553. The van der Waals surface area contributed by atoms with Crippen LogP contribution in [0.5, 0.6) is 0 Å². The molecule has 1 fully saturated rings. The average Bonchev–Trinajstić information content (AvgIpc) is 2.77. The Labute approximate surface area is 105 Å². The Bertz CT molecular complexity index is 551. The number of rotatable bonds is 3. The van der Waals surface area contributed by atoms with Gasteiger partial charge < -0.3 is 5.73 Å². The largest absolute Gasteiger partial charge is 0.364 e. The number of hydrogen-bond acceptors (Lipinski definition) is 4. The van der Waals surface area contributed by atoms with E-state index in [0.29, 0.717) is 13.1 Å². The molecule has 0 aromatic carbocycles. The average molecular weight is 272 g/mol. The lowest BCUT2D eigenvalue weighted by atomic mass is 9.96. The summed E-state index contributed by atoms with van der Waals surface area (Å²) < 4.78 is 24.5. The van der Waals surface area contributed by atoms with Crippen LogP contribution >= 0.6 is 0 Å². The van der Waals surface area contributed by atoms with Gasteiger partial charge in [-0.05, 0) is 18.9 Å². The quantitative estimate of drug-likeness (QED) is 0.783. The third kappa shape index (κ3) is 2.70. The molecule has 3 N–H and O–H groups in total. The van der Waals surface area contributed by atoms with E-state index in [1.54, 1.807) is 6.07 Å². The van der Waals surface area contributed by atoms with Crippen molar-refractivity contribution in [2.24, 2.45) is 5.73 Å². The van der Waals surface area contributed by atoms with Gasteiger partial charge in [-0.25, -0.2) is 12.7 Å². The van der Waals surface area contributed by atoms with Crippen LogP contribution in [0.3, 0.4) is 0 Å². The molecule has 1 aliphatic rings. The predicted molar refractivity (Wildman–Crippen MR) is 65.5 cm³/mol. The molecule has 0 saturated carbocycles. The third-order valence-corrected chi connectivity index (χ3v) is 4.41. The summed E-state index contributed by atoms with van der Waals surface area (Å²) in [6, 6.07) is 1.60. The van der Waals surface area contributed by atoms with Crippen LogP contribution in [-0.2, 0) is 10.0 Å². The minimum Gasteiger partial charge on any atom is -0.364 e. The van der Waals surface area contributed by atoms with E-state index < -0.39 is 15.9 Å². The zero-order valence-corrected chi connectivity index (χ0v) is 10.9. The summed E-state index contributed by atoms with van der Waals surface area (Å²) in [6.07, 6.45) is 2.87. The highest BCUT2D eigenvalue weighted by Gasteiger charge is 2.28. The fraction of sp³-hybridized carbons (Fsp3) is 0.600. The van der Waals surface area contributed by atoms with Crippen molar-refractivity contribution < 1.29 is 13.2 Å². The van der Waals surface area contributed by atoms with Gasteiger partial charge in [-0.2, -0.15) is 5.10 Å². The number of carbonyl (C=O) groups excluding carboxylic acids is 1. The number of amides is 1. The van der Waals surface area contributed by atoms with E-state index in [-0.39, 0.29) is 11.6 Å². The molecule has 7 nitrogen and oxygen atoms in total. The van der Waals surface area contributed by atoms with Gasteiger partial charge in [0.15, 0.2) is 0 Å². The molecule has 1 saturated heterocycles. The predicted octanol–water partition coefficient (Wildman–Crippen LogP) is -0.352. The summed E-state index contributed by atoms with van der Waals surface area (Å²) in [7, 11) is -3.17. The van der Waals surface area contributed by atoms with Gasteiger partial charge in [-0.3, -0.25) is 9.89 Å². The number of nitrogens with two attached hydrogens (primary N) is 1. The summed E-state index contributed by atoms with van der Waals surface area (Å²) in [4.78, 5) is 11.0. The van der Waals surface area contributed by atoms with Gasteiger partial charge in [-0.1, -0.05) is 0 Å². The van der Waals surface area contributed by atoms with Gasteiger partial charge in [0, 0.05) is 24.7 Å². The van der Waals surface area contributed by atoms with E-state index in [2.05, 4.69) is 10.2 Å². The SMILES string of the molecule is CS(=O)(=O)N1CCCC(c2cc(C(N)=O)n[nH]2)C1. The monoisotopic (exact) mass is 272 g/mol. The Hall–Kier alpha value is -1.41. The second-order valence-corrected chi connectivity index (χ2v) is 6.52. The number of aromatic nitrogens is 2. The lowest BCUT2D eigenvalue weighted by Gasteiger charge is -2.30. The van der Waals surface area contributed by atoms with Crippen LogP contribution in [0.2, 0.25) is 0 Å².